The molecule has 1 fully saturated rings. The van der Waals surface area contributed by atoms with Gasteiger partial charge in [-0.25, -0.2) is 4.98 Å². The van der Waals surface area contributed by atoms with Gasteiger partial charge in [0.2, 0.25) is 5.91 Å². The van der Waals surface area contributed by atoms with Crippen LogP contribution in [0.2, 0.25) is 0 Å². The highest BCUT2D eigenvalue weighted by atomic mass is 16.2. The first-order valence-corrected chi connectivity index (χ1v) is 7.39. The van der Waals surface area contributed by atoms with Crippen LogP contribution in [-0.4, -0.2) is 47.0 Å². The summed E-state index contributed by atoms with van der Waals surface area (Å²) in [6, 6.07) is 3.98. The molecule has 2 aromatic rings. The van der Waals surface area contributed by atoms with Crippen molar-refractivity contribution in [3.05, 3.63) is 30.7 Å². The molecule has 3 heterocycles. The number of nitrogens with zero attached hydrogens (tertiary/aromatic N) is 4. The van der Waals surface area contributed by atoms with E-state index < -0.39 is 0 Å². The Labute approximate surface area is 124 Å². The second-order valence-electron chi connectivity index (χ2n) is 5.70. The van der Waals surface area contributed by atoms with Gasteiger partial charge in [0.05, 0.1) is 0 Å². The van der Waals surface area contributed by atoms with Crippen LogP contribution in [0, 0.1) is 5.92 Å². The first-order chi connectivity index (χ1) is 10.2. The first kappa shape index (κ1) is 13.8. The van der Waals surface area contributed by atoms with Crippen molar-refractivity contribution in [2.45, 2.75) is 13.8 Å². The van der Waals surface area contributed by atoms with Crippen molar-refractivity contribution in [3.8, 4) is 0 Å². The van der Waals surface area contributed by atoms with E-state index in [1.807, 2.05) is 43.3 Å². The first-order valence-electron chi connectivity index (χ1n) is 7.39. The number of amides is 1. The summed E-state index contributed by atoms with van der Waals surface area (Å²) in [6.07, 6.45) is 5.48. The second kappa shape index (κ2) is 5.68. The van der Waals surface area contributed by atoms with Gasteiger partial charge in [-0.05, 0) is 12.1 Å². The maximum atomic E-state index is 12.0. The summed E-state index contributed by atoms with van der Waals surface area (Å²) in [5, 5.41) is 2.22. The highest BCUT2D eigenvalue weighted by molar-refractivity contribution is 5.91. The van der Waals surface area contributed by atoms with Gasteiger partial charge in [0.25, 0.3) is 0 Å². The molecule has 1 aliphatic rings. The monoisotopic (exact) mass is 284 g/mol. The van der Waals surface area contributed by atoms with Crippen molar-refractivity contribution in [3.63, 3.8) is 0 Å². The van der Waals surface area contributed by atoms with Crippen molar-refractivity contribution in [1.29, 1.82) is 0 Å². The quantitative estimate of drug-likeness (QED) is 0.845. The fourth-order valence-electron chi connectivity index (χ4n) is 2.76. The molecule has 2 aromatic heterocycles. The predicted octanol–water partition coefficient (Wildman–Crippen LogP) is 1.93. The highest BCUT2D eigenvalue weighted by Crippen LogP contribution is 2.24. The molecule has 1 aliphatic heterocycles. The SMILES string of the molecule is CC(C)C(=O)N1CCN(c2nccc3cnccc23)CC1. The van der Waals surface area contributed by atoms with Crippen LogP contribution in [0.25, 0.3) is 10.8 Å². The van der Waals surface area contributed by atoms with Gasteiger partial charge < -0.3 is 9.80 Å². The molecular formula is C16H20N4O. The van der Waals surface area contributed by atoms with Crippen LogP contribution in [-0.2, 0) is 4.79 Å². The van der Waals surface area contributed by atoms with Crippen LogP contribution < -0.4 is 4.90 Å². The summed E-state index contributed by atoms with van der Waals surface area (Å²) in [7, 11) is 0. The number of fused-ring (bicyclic) bond motifs is 1. The zero-order valence-electron chi connectivity index (χ0n) is 12.5. The van der Waals surface area contributed by atoms with Crippen LogP contribution in [0.4, 0.5) is 5.82 Å². The molecule has 0 aromatic carbocycles. The minimum atomic E-state index is 0.0679. The third kappa shape index (κ3) is 2.68. The zero-order valence-corrected chi connectivity index (χ0v) is 12.5. The van der Waals surface area contributed by atoms with E-state index in [1.165, 1.54) is 0 Å². The number of hydrogen-bond acceptors (Lipinski definition) is 4. The van der Waals surface area contributed by atoms with E-state index in [9.17, 15) is 4.79 Å². The molecule has 0 bridgehead atoms. The van der Waals surface area contributed by atoms with Gasteiger partial charge in [0.15, 0.2) is 0 Å². The standard InChI is InChI=1S/C16H20N4O/c1-12(2)16(21)20-9-7-19(8-10-20)15-14-4-5-17-11-13(14)3-6-18-15/h3-6,11-12H,7-10H2,1-2H3. The van der Waals surface area contributed by atoms with Crippen LogP contribution >= 0.6 is 0 Å². The summed E-state index contributed by atoms with van der Waals surface area (Å²) in [6.45, 7) is 7.09. The number of hydrogen-bond donors (Lipinski definition) is 0. The van der Waals surface area contributed by atoms with Crippen LogP contribution in [0.15, 0.2) is 30.7 Å². The Morgan fingerprint density at radius 2 is 1.90 bits per heavy atom. The Kier molecular flexibility index (Phi) is 3.73. The van der Waals surface area contributed by atoms with Crippen LogP contribution in [0.3, 0.4) is 0 Å². The summed E-state index contributed by atoms with van der Waals surface area (Å²) in [4.78, 5) is 24.9. The lowest BCUT2D eigenvalue weighted by atomic mass is 10.1. The fourth-order valence-corrected chi connectivity index (χ4v) is 2.76. The number of carbonyl (C=O) groups is 1. The van der Waals surface area contributed by atoms with E-state index in [2.05, 4.69) is 14.9 Å². The number of aromatic nitrogens is 2. The number of carbonyl (C=O) groups excluding carboxylic acids is 1. The van der Waals surface area contributed by atoms with Gasteiger partial charge >= 0.3 is 0 Å². The van der Waals surface area contributed by atoms with Crippen molar-refractivity contribution in [1.82, 2.24) is 14.9 Å². The summed E-state index contributed by atoms with van der Waals surface area (Å²) < 4.78 is 0. The minimum absolute atomic E-state index is 0.0679. The Morgan fingerprint density at radius 3 is 2.62 bits per heavy atom. The number of anilines is 1. The smallest absolute Gasteiger partial charge is 0.225 e. The van der Waals surface area contributed by atoms with Crippen molar-refractivity contribution >= 4 is 22.5 Å². The second-order valence-corrected chi connectivity index (χ2v) is 5.70. The highest BCUT2D eigenvalue weighted by Gasteiger charge is 2.24. The molecule has 3 rings (SSSR count). The van der Waals surface area contributed by atoms with E-state index >= 15 is 0 Å². The molecular weight excluding hydrogens is 264 g/mol. The maximum Gasteiger partial charge on any atom is 0.225 e. The third-order valence-electron chi connectivity index (χ3n) is 3.93. The van der Waals surface area contributed by atoms with Crippen molar-refractivity contribution in [2.24, 2.45) is 5.92 Å². The topological polar surface area (TPSA) is 49.3 Å². The van der Waals surface area contributed by atoms with Crippen LogP contribution in [0.5, 0.6) is 0 Å². The van der Waals surface area contributed by atoms with Crippen LogP contribution in [0.1, 0.15) is 13.8 Å². The molecule has 0 radical (unpaired) electrons. The molecule has 0 spiro atoms. The molecule has 0 aliphatic carbocycles. The van der Waals surface area contributed by atoms with Crippen molar-refractivity contribution in [2.75, 3.05) is 31.1 Å². The Balaban J connectivity index is 1.79. The van der Waals surface area contributed by atoms with Gasteiger partial charge in [-0.2, -0.15) is 0 Å². The lowest BCUT2D eigenvalue weighted by Gasteiger charge is -2.36. The van der Waals surface area contributed by atoms with E-state index in [-0.39, 0.29) is 11.8 Å². The lowest BCUT2D eigenvalue weighted by molar-refractivity contribution is -0.134. The third-order valence-corrected chi connectivity index (χ3v) is 3.93. The molecule has 0 unspecified atom stereocenters. The average Bonchev–Trinajstić information content (AvgIpc) is 2.53. The molecule has 1 saturated heterocycles. The maximum absolute atomic E-state index is 12.0. The molecule has 0 atom stereocenters. The normalized spacial score (nSPS) is 15.8. The van der Waals surface area contributed by atoms with Gasteiger partial charge in [-0.3, -0.25) is 9.78 Å². The van der Waals surface area contributed by atoms with Crippen molar-refractivity contribution < 1.29 is 4.79 Å². The van der Waals surface area contributed by atoms with E-state index in [0.29, 0.717) is 0 Å². The predicted molar refractivity (Wildman–Crippen MR) is 83.2 cm³/mol. The summed E-state index contributed by atoms with van der Waals surface area (Å²) in [5.74, 6) is 1.30. The zero-order chi connectivity index (χ0) is 14.8. The lowest BCUT2D eigenvalue weighted by Crippen LogP contribution is -2.50. The van der Waals surface area contributed by atoms with E-state index in [4.69, 9.17) is 0 Å². The van der Waals surface area contributed by atoms with Gasteiger partial charge in [-0.1, -0.05) is 13.8 Å². The molecule has 110 valence electrons. The van der Waals surface area contributed by atoms with E-state index in [1.54, 1.807) is 6.20 Å². The summed E-state index contributed by atoms with van der Waals surface area (Å²) >= 11 is 0. The Bertz CT molecular complexity index is 642. The minimum Gasteiger partial charge on any atom is -0.353 e. The number of pyridine rings is 2. The molecule has 0 saturated carbocycles. The summed E-state index contributed by atoms with van der Waals surface area (Å²) in [5.41, 5.74) is 0. The molecule has 0 N–H and O–H groups in total. The average molecular weight is 284 g/mol. The largest absolute Gasteiger partial charge is 0.353 e. The number of rotatable bonds is 2. The molecule has 5 nitrogen and oxygen atoms in total. The van der Waals surface area contributed by atoms with Gasteiger partial charge in [0, 0.05) is 61.5 Å². The van der Waals surface area contributed by atoms with Gasteiger partial charge in [-0.15, -0.1) is 0 Å². The van der Waals surface area contributed by atoms with E-state index in [0.717, 1.165) is 42.8 Å². The molecule has 1 amide bonds. The number of piperazine rings is 1. The Morgan fingerprint density at radius 1 is 1.14 bits per heavy atom. The molecule has 21 heavy (non-hydrogen) atoms. The molecule has 5 heteroatoms. The van der Waals surface area contributed by atoms with Gasteiger partial charge in [0.1, 0.15) is 5.82 Å². The Hall–Kier alpha value is -2.17. The fraction of sp³-hybridized carbons (Fsp3) is 0.438.